The van der Waals surface area contributed by atoms with Crippen LogP contribution in [0.4, 0.5) is 0 Å². The molecule has 0 aliphatic carbocycles. The summed E-state index contributed by atoms with van der Waals surface area (Å²) in [6, 6.07) is 12.8. The fourth-order valence-electron chi connectivity index (χ4n) is 2.87. The van der Waals surface area contributed by atoms with Gasteiger partial charge in [-0.3, -0.25) is 0 Å². The van der Waals surface area contributed by atoms with Crippen molar-refractivity contribution in [3.8, 4) is 22.8 Å². The van der Waals surface area contributed by atoms with Crippen LogP contribution in [0.25, 0.3) is 22.2 Å². The van der Waals surface area contributed by atoms with E-state index < -0.39 is 5.97 Å². The number of nitrogens with zero attached hydrogens (tertiary/aromatic N) is 1. The number of aromatic nitrogens is 1. The molecule has 0 bridgehead atoms. The van der Waals surface area contributed by atoms with Crippen molar-refractivity contribution >= 4 is 16.9 Å². The average molecular weight is 321 g/mol. The fraction of sp³-hybridized carbons (Fsp3) is 0.158. The van der Waals surface area contributed by atoms with Crippen LogP contribution in [0.2, 0.25) is 0 Å². The number of benzene rings is 2. The van der Waals surface area contributed by atoms with E-state index in [1.807, 2.05) is 43.3 Å². The fourth-order valence-corrected chi connectivity index (χ4v) is 2.87. The van der Waals surface area contributed by atoms with Gasteiger partial charge in [-0.2, -0.15) is 0 Å². The number of pyridine rings is 1. The number of carboxylic acid groups (broad SMARTS) is 1. The van der Waals surface area contributed by atoms with E-state index in [2.05, 4.69) is 4.98 Å². The van der Waals surface area contributed by atoms with E-state index in [0.29, 0.717) is 28.1 Å². The van der Waals surface area contributed by atoms with Crippen molar-refractivity contribution in [2.45, 2.75) is 13.3 Å². The van der Waals surface area contributed by atoms with Gasteiger partial charge >= 0.3 is 5.97 Å². The van der Waals surface area contributed by atoms with Crippen LogP contribution in [-0.4, -0.2) is 22.9 Å². The van der Waals surface area contributed by atoms with Crippen LogP contribution in [0.15, 0.2) is 42.5 Å². The molecule has 0 atom stereocenters. The zero-order valence-electron chi connectivity index (χ0n) is 13.1. The summed E-state index contributed by atoms with van der Waals surface area (Å²) < 4.78 is 10.7. The Morgan fingerprint density at radius 1 is 1.12 bits per heavy atom. The molecular weight excluding hydrogens is 306 g/mol. The summed E-state index contributed by atoms with van der Waals surface area (Å²) in [4.78, 5) is 16.3. The Kier molecular flexibility index (Phi) is 3.34. The van der Waals surface area contributed by atoms with Crippen LogP contribution in [-0.2, 0) is 6.42 Å². The highest BCUT2D eigenvalue weighted by Gasteiger charge is 2.17. The second-order valence-electron chi connectivity index (χ2n) is 5.63. The Bertz CT molecular complexity index is 965. The minimum Gasteiger partial charge on any atom is -0.478 e. The molecule has 4 rings (SSSR count). The third-order valence-corrected chi connectivity index (χ3v) is 4.18. The minimum atomic E-state index is -0.961. The van der Waals surface area contributed by atoms with Crippen molar-refractivity contribution in [1.82, 2.24) is 4.98 Å². The second kappa shape index (κ2) is 5.53. The molecule has 1 aliphatic heterocycles. The molecule has 0 saturated carbocycles. The van der Waals surface area contributed by atoms with Crippen LogP contribution in [0.3, 0.4) is 0 Å². The number of fused-ring (bicyclic) bond motifs is 2. The van der Waals surface area contributed by atoms with Gasteiger partial charge in [0.15, 0.2) is 11.5 Å². The highest BCUT2D eigenvalue weighted by Crippen LogP contribution is 2.36. The first-order valence-corrected chi connectivity index (χ1v) is 7.72. The van der Waals surface area contributed by atoms with E-state index in [9.17, 15) is 9.90 Å². The molecular formula is C19H15NO4. The SMILES string of the molecule is CCc1ccc2nc(-c3ccc4c(c3)OCO4)cc(C(=O)O)c2c1. The lowest BCUT2D eigenvalue weighted by atomic mass is 10.0. The third kappa shape index (κ3) is 2.34. The van der Waals surface area contributed by atoms with Gasteiger partial charge in [-0.15, -0.1) is 0 Å². The molecule has 1 aliphatic rings. The summed E-state index contributed by atoms with van der Waals surface area (Å²) in [5, 5.41) is 10.3. The molecule has 120 valence electrons. The molecule has 1 aromatic heterocycles. The molecule has 3 aromatic rings. The predicted octanol–water partition coefficient (Wildman–Crippen LogP) is 3.89. The lowest BCUT2D eigenvalue weighted by Gasteiger charge is -2.09. The van der Waals surface area contributed by atoms with Crippen LogP contribution in [0.1, 0.15) is 22.8 Å². The van der Waals surface area contributed by atoms with E-state index in [-0.39, 0.29) is 12.4 Å². The normalized spacial score (nSPS) is 12.5. The molecule has 2 heterocycles. The van der Waals surface area contributed by atoms with E-state index >= 15 is 0 Å². The second-order valence-corrected chi connectivity index (χ2v) is 5.63. The standard InChI is InChI=1S/C19H15NO4/c1-2-11-3-5-15-13(7-11)14(19(21)22)9-16(20-15)12-4-6-17-18(8-12)24-10-23-17/h3-9H,2,10H2,1H3,(H,21,22). The van der Waals surface area contributed by atoms with Gasteiger partial charge in [0.1, 0.15) is 0 Å². The molecule has 5 heteroatoms. The Labute approximate surface area is 138 Å². The molecule has 2 aromatic carbocycles. The molecule has 5 nitrogen and oxygen atoms in total. The number of carbonyl (C=O) groups is 1. The molecule has 24 heavy (non-hydrogen) atoms. The van der Waals surface area contributed by atoms with Gasteiger partial charge in [-0.25, -0.2) is 9.78 Å². The zero-order valence-corrected chi connectivity index (χ0v) is 13.1. The van der Waals surface area contributed by atoms with Crippen molar-refractivity contribution < 1.29 is 19.4 Å². The highest BCUT2D eigenvalue weighted by molar-refractivity contribution is 6.04. The summed E-state index contributed by atoms with van der Waals surface area (Å²) in [5.41, 5.74) is 3.40. The first kappa shape index (κ1) is 14.5. The number of hydrogen-bond donors (Lipinski definition) is 1. The van der Waals surface area contributed by atoms with Crippen LogP contribution < -0.4 is 9.47 Å². The minimum absolute atomic E-state index is 0.199. The molecule has 0 spiro atoms. The Balaban J connectivity index is 1.92. The van der Waals surface area contributed by atoms with Gasteiger partial charge in [0.05, 0.1) is 16.8 Å². The first-order chi connectivity index (χ1) is 11.7. The maximum atomic E-state index is 11.7. The van der Waals surface area contributed by atoms with Crippen molar-refractivity contribution in [3.63, 3.8) is 0 Å². The Morgan fingerprint density at radius 3 is 2.75 bits per heavy atom. The maximum Gasteiger partial charge on any atom is 0.336 e. The Morgan fingerprint density at radius 2 is 1.96 bits per heavy atom. The smallest absolute Gasteiger partial charge is 0.336 e. The number of aromatic carboxylic acids is 1. The van der Waals surface area contributed by atoms with Gasteiger partial charge in [0, 0.05) is 10.9 Å². The first-order valence-electron chi connectivity index (χ1n) is 7.72. The highest BCUT2D eigenvalue weighted by atomic mass is 16.7. The zero-order chi connectivity index (χ0) is 16.7. The van der Waals surface area contributed by atoms with Crippen molar-refractivity contribution in [3.05, 3.63) is 53.6 Å². The van der Waals surface area contributed by atoms with Crippen LogP contribution in [0.5, 0.6) is 11.5 Å². The summed E-state index contributed by atoms with van der Waals surface area (Å²) in [6.45, 7) is 2.24. The topological polar surface area (TPSA) is 68.7 Å². The average Bonchev–Trinajstić information content (AvgIpc) is 3.07. The van der Waals surface area contributed by atoms with E-state index in [1.165, 1.54) is 0 Å². The van der Waals surface area contributed by atoms with Gasteiger partial charge in [-0.05, 0) is 48.4 Å². The van der Waals surface area contributed by atoms with Crippen molar-refractivity contribution in [2.24, 2.45) is 0 Å². The van der Waals surface area contributed by atoms with Crippen molar-refractivity contribution in [1.29, 1.82) is 0 Å². The van der Waals surface area contributed by atoms with Crippen LogP contribution >= 0.6 is 0 Å². The number of carboxylic acids is 1. The summed E-state index contributed by atoms with van der Waals surface area (Å²) >= 11 is 0. The number of aryl methyl sites for hydroxylation is 1. The lowest BCUT2D eigenvalue weighted by molar-refractivity contribution is 0.0699. The van der Waals surface area contributed by atoms with Gasteiger partial charge < -0.3 is 14.6 Å². The molecule has 0 unspecified atom stereocenters. The molecule has 0 radical (unpaired) electrons. The lowest BCUT2D eigenvalue weighted by Crippen LogP contribution is -2.01. The van der Waals surface area contributed by atoms with Gasteiger partial charge in [0.25, 0.3) is 0 Å². The number of hydrogen-bond acceptors (Lipinski definition) is 4. The summed E-state index contributed by atoms with van der Waals surface area (Å²) in [7, 11) is 0. The number of ether oxygens (including phenoxy) is 2. The number of rotatable bonds is 3. The maximum absolute atomic E-state index is 11.7. The summed E-state index contributed by atoms with van der Waals surface area (Å²) in [5.74, 6) is 0.371. The van der Waals surface area contributed by atoms with E-state index in [4.69, 9.17) is 9.47 Å². The van der Waals surface area contributed by atoms with Crippen molar-refractivity contribution in [2.75, 3.05) is 6.79 Å². The molecule has 0 amide bonds. The predicted molar refractivity (Wildman–Crippen MR) is 89.6 cm³/mol. The van der Waals surface area contributed by atoms with Gasteiger partial charge in [0.2, 0.25) is 6.79 Å². The molecule has 0 saturated heterocycles. The van der Waals surface area contributed by atoms with Crippen LogP contribution in [0, 0.1) is 0 Å². The Hall–Kier alpha value is -3.08. The monoisotopic (exact) mass is 321 g/mol. The summed E-state index contributed by atoms with van der Waals surface area (Å²) in [6.07, 6.45) is 0.846. The van der Waals surface area contributed by atoms with E-state index in [1.54, 1.807) is 6.07 Å². The largest absolute Gasteiger partial charge is 0.478 e. The van der Waals surface area contributed by atoms with E-state index in [0.717, 1.165) is 17.5 Å². The van der Waals surface area contributed by atoms with Gasteiger partial charge in [-0.1, -0.05) is 13.0 Å². The third-order valence-electron chi connectivity index (χ3n) is 4.18. The quantitative estimate of drug-likeness (QED) is 0.792. The molecule has 0 fully saturated rings. The molecule has 1 N–H and O–H groups in total.